The summed E-state index contributed by atoms with van der Waals surface area (Å²) < 4.78 is 348. The minimum absolute atomic E-state index is 0.0367. The number of ether oxygens (including phenoxy) is 3. The quantitative estimate of drug-likeness (QED) is 0.0159. The molecule has 0 unspecified atom stereocenters. The Bertz CT molecular complexity index is 6840. The molecule has 744 valence electrons. The van der Waals surface area contributed by atoms with Crippen molar-refractivity contribution >= 4 is 91.2 Å². The number of pyridine rings is 6. The van der Waals surface area contributed by atoms with Gasteiger partial charge in [0.1, 0.15) is 93.7 Å². The lowest BCUT2D eigenvalue weighted by Crippen LogP contribution is -2.43. The predicted octanol–water partition coefficient (Wildman–Crippen LogP) is 18.6. The van der Waals surface area contributed by atoms with Crippen LogP contribution in [0.2, 0.25) is 0 Å². The van der Waals surface area contributed by atoms with Crippen LogP contribution in [0.4, 0.5) is 128 Å². The van der Waals surface area contributed by atoms with Crippen LogP contribution >= 0.6 is 0 Å². The number of esters is 3. The van der Waals surface area contributed by atoms with Crippen molar-refractivity contribution in [1.82, 2.24) is 45.0 Å². The van der Waals surface area contributed by atoms with Gasteiger partial charge in [-0.2, -0.15) is 79.0 Å². The minimum Gasteiger partial charge on any atom is -0.467 e. The Hall–Kier alpha value is -15.1. The van der Waals surface area contributed by atoms with Crippen molar-refractivity contribution in [1.29, 1.82) is 0 Å². The monoisotopic (exact) mass is 2000 g/mol. The van der Waals surface area contributed by atoms with Gasteiger partial charge in [-0.3, -0.25) is 38.9 Å². The number of nitrogens with zero attached hydrogens (tertiary/aromatic N) is 6. The van der Waals surface area contributed by atoms with Crippen molar-refractivity contribution < 1.29 is 148 Å². The molecule has 0 aliphatic rings. The van der Waals surface area contributed by atoms with E-state index in [-0.39, 0.29) is 89.7 Å². The molecule has 0 bridgehead atoms. The summed E-state index contributed by atoms with van der Waals surface area (Å²) in [6, 6.07) is 11.6. The molecule has 12 aromatic rings. The molecule has 48 heteroatoms. The van der Waals surface area contributed by atoms with E-state index in [1.807, 2.05) is 16.0 Å². The fourth-order valence-electron chi connectivity index (χ4n) is 14.6. The van der Waals surface area contributed by atoms with Gasteiger partial charge in [0.2, 0.25) is 0 Å². The Morgan fingerprint density at radius 1 is 0.400 bits per heavy atom. The number of benzene rings is 6. The number of aryl methyl sites for hydroxylation is 2. The molecule has 0 fully saturated rings. The van der Waals surface area contributed by atoms with E-state index < -0.39 is 241 Å². The number of aromatic nitrogens is 6. The van der Waals surface area contributed by atoms with Gasteiger partial charge in [-0.15, -0.1) is 0 Å². The summed E-state index contributed by atoms with van der Waals surface area (Å²) in [5.41, 5.74) is -6.32. The van der Waals surface area contributed by atoms with Gasteiger partial charge >= 0.3 is 55.0 Å². The summed E-state index contributed by atoms with van der Waals surface area (Å²) in [6.45, 7) is 5.35. The number of hydrogen-bond donors (Lipinski definition) is 7. The van der Waals surface area contributed by atoms with Crippen LogP contribution in [0.1, 0.15) is 103 Å². The topological polar surface area (TPSA) is 324 Å². The minimum atomic E-state index is -4.90. The van der Waals surface area contributed by atoms with Gasteiger partial charge in [-0.05, 0) is 130 Å². The Labute approximate surface area is 775 Å². The molecule has 3 amide bonds. The second-order valence-electron chi connectivity index (χ2n) is 31.2. The third-order valence-corrected chi connectivity index (χ3v) is 21.9. The summed E-state index contributed by atoms with van der Waals surface area (Å²) in [5, 5.41) is 12.8. The molecule has 0 radical (unpaired) electrons. The third kappa shape index (κ3) is 24.4. The summed E-state index contributed by atoms with van der Waals surface area (Å²) >= 11 is 0. The first kappa shape index (κ1) is 107. The molecule has 0 saturated heterocycles. The van der Waals surface area contributed by atoms with Crippen LogP contribution in [-0.2, 0) is 80.5 Å². The molecular formula is C92H77F24N13O11. The highest BCUT2D eigenvalue weighted by Gasteiger charge is 2.44. The number of methoxy groups -OCH3 is 3. The van der Waals surface area contributed by atoms with Crippen molar-refractivity contribution in [3.8, 4) is 33.5 Å². The first-order valence-electron chi connectivity index (χ1n) is 40.9. The summed E-state index contributed by atoms with van der Waals surface area (Å²) in [6.07, 6.45) is -26.5. The number of nitrogen functional groups attached to an aromatic ring is 1. The largest absolute Gasteiger partial charge is 0.467 e. The second kappa shape index (κ2) is 42.5. The maximum Gasteiger partial charge on any atom is 0.418 e. The van der Waals surface area contributed by atoms with Gasteiger partial charge in [0.05, 0.1) is 71.4 Å². The molecule has 12 rings (SSSR count). The van der Waals surface area contributed by atoms with Crippen LogP contribution < -0.4 is 48.8 Å². The Balaban J connectivity index is 0.000000216. The molecule has 6 aromatic heterocycles. The number of carbonyl (C=O) groups is 6. The number of alkyl halides is 18. The van der Waals surface area contributed by atoms with E-state index in [1.165, 1.54) is 126 Å². The van der Waals surface area contributed by atoms with Gasteiger partial charge in [0.25, 0.3) is 28.8 Å². The number of fused-ring (bicyclic) bond motifs is 3. The van der Waals surface area contributed by atoms with Crippen molar-refractivity contribution in [2.24, 2.45) is 14.1 Å². The van der Waals surface area contributed by atoms with Crippen LogP contribution in [0.15, 0.2) is 162 Å². The standard InChI is InChI=1S/C32H28F8N4O4.C31H26F8N4O4.C29H23F8N5O3/c1-5-24(32(38,39)40)42-17-13-21(33)26(22(34)14-17)28(45)43-23(30(47)48-4)12-16-8-9-19(27-18(16)7-6-10-41-27)25-20(31(35,36)37)11-15(2)44(3)29(25)46;1-14-10-20(31(37,38)39)24(28(45)43(14)3)19-8-7-16(18-6-5-9-40-26(18)19)11-23(29(46)47-4)42-27(44)25-21(32)12-17(13-22(25)33)41-15(2)30(34,35)36;1-13(28(32,33)34)40-15-11-19(30)23(20(31)12-15)26(43)41-21(27(44)45-2)10-14-5-6-17(24-16(14)4-3-9-39-24)25-18(29(35,36)37)7-8-22(38)42-25/h6-11,13-14,23-24,42H,5,12H2,1-4H3,(H,43,45);5-10,12-13,15,23,41H,11H2,1-4H3,(H,42,44);3-9,11-13,21,40H,10H2,1-2H3,(H2,38,42)(H,41,43)/t23-,24+;15-,23+;13-,21+/m011/s1. The normalized spacial score (nSPS) is 13.3. The maximum absolute atomic E-state index is 14.9. The van der Waals surface area contributed by atoms with Gasteiger partial charge in [0.15, 0.2) is 0 Å². The Kier molecular flexibility index (Phi) is 32.5. The average Bonchev–Trinajstić information content (AvgIpc) is 0.751. The number of nitrogens with one attached hydrogen (secondary N) is 6. The van der Waals surface area contributed by atoms with Crippen LogP contribution in [0.3, 0.4) is 0 Å². The van der Waals surface area contributed by atoms with E-state index in [1.54, 1.807) is 0 Å². The molecule has 0 aliphatic carbocycles. The number of amides is 3. The number of halogens is 24. The lowest BCUT2D eigenvalue weighted by atomic mass is 9.93. The average molecular weight is 2000 g/mol. The predicted molar refractivity (Wildman–Crippen MR) is 461 cm³/mol. The van der Waals surface area contributed by atoms with Crippen molar-refractivity contribution in [3.05, 3.63) is 269 Å². The number of nitrogens with two attached hydrogens (primary N) is 1. The number of rotatable bonds is 25. The molecular weight excluding hydrogens is 1920 g/mol. The zero-order valence-corrected chi connectivity index (χ0v) is 74.0. The highest BCUT2D eigenvalue weighted by atomic mass is 19.4. The van der Waals surface area contributed by atoms with E-state index in [9.17, 15) is 144 Å². The SMILES string of the molecule is CC[C@@H](Nc1cc(F)c(C(=O)N[C@@H](Cc2ccc(-c3c(C(F)(F)F)cc(C)n(C)c3=O)c3ncccc23)C(=O)OC)c(F)c1)C(F)(F)F.COC(=O)[C@H](Cc1ccc(-c2c(C(F)(F)F)cc(C)n(C)c2=O)c2ncccc12)NC(=O)c1c(F)cc(N[C@H](C)C(F)(F)F)cc1F.COC(=O)[C@H](Cc1ccc(-c2nc(N)ccc2C(F)(F)F)c2ncccc12)NC(=O)c1c(F)cc(N[C@H](C)C(F)(F)F)cc1F. The van der Waals surface area contributed by atoms with Crippen LogP contribution in [0.25, 0.3) is 66.2 Å². The fraction of sp³-hybridized carbons (Fsp3) is 0.283. The van der Waals surface area contributed by atoms with Crippen molar-refractivity contribution in [3.63, 3.8) is 0 Å². The molecule has 0 saturated carbocycles. The molecule has 0 aliphatic heterocycles. The van der Waals surface area contributed by atoms with Crippen molar-refractivity contribution in [2.75, 3.05) is 43.0 Å². The molecule has 8 N–H and O–H groups in total. The molecule has 140 heavy (non-hydrogen) atoms. The maximum atomic E-state index is 14.9. The molecule has 6 aromatic carbocycles. The van der Waals surface area contributed by atoms with E-state index in [4.69, 9.17) is 19.9 Å². The smallest absolute Gasteiger partial charge is 0.418 e. The third-order valence-electron chi connectivity index (χ3n) is 21.9. The lowest BCUT2D eigenvalue weighted by Gasteiger charge is -2.22. The summed E-state index contributed by atoms with van der Waals surface area (Å²) in [5.74, 6) is -16.8. The summed E-state index contributed by atoms with van der Waals surface area (Å²) in [7, 11) is 5.56. The van der Waals surface area contributed by atoms with Gasteiger partial charge in [-0.25, -0.2) is 45.7 Å². The summed E-state index contributed by atoms with van der Waals surface area (Å²) in [4.78, 5) is 120. The van der Waals surface area contributed by atoms with Gasteiger partial charge in [-0.1, -0.05) is 61.5 Å². The van der Waals surface area contributed by atoms with Crippen LogP contribution in [-0.4, -0.2) is 141 Å². The first-order chi connectivity index (χ1) is 65.2. The Morgan fingerprint density at radius 3 is 0.971 bits per heavy atom. The van der Waals surface area contributed by atoms with E-state index >= 15 is 0 Å². The van der Waals surface area contributed by atoms with E-state index in [0.29, 0.717) is 36.4 Å². The highest BCUT2D eigenvalue weighted by Crippen LogP contribution is 2.44. The van der Waals surface area contributed by atoms with E-state index in [0.717, 1.165) is 68.6 Å². The molecule has 24 nitrogen and oxygen atoms in total. The molecule has 0 spiro atoms. The molecule has 6 atom stereocenters. The zero-order chi connectivity index (χ0) is 104. The van der Waals surface area contributed by atoms with Crippen molar-refractivity contribution in [2.45, 2.75) is 134 Å². The van der Waals surface area contributed by atoms with Crippen LogP contribution in [0.5, 0.6) is 0 Å². The molecule has 6 heterocycles. The zero-order valence-electron chi connectivity index (χ0n) is 74.0. The van der Waals surface area contributed by atoms with Gasteiger partial charge < -0.3 is 61.0 Å². The first-order valence-corrected chi connectivity index (χ1v) is 40.9. The number of hydrogen-bond acceptors (Lipinski definition) is 19. The van der Waals surface area contributed by atoms with E-state index in [2.05, 4.69) is 35.9 Å². The number of anilines is 4. The fourth-order valence-corrected chi connectivity index (χ4v) is 14.6. The van der Waals surface area contributed by atoms with Gasteiger partial charge in [0, 0.05) is 113 Å². The lowest BCUT2D eigenvalue weighted by molar-refractivity contribution is -0.143. The second-order valence-corrected chi connectivity index (χ2v) is 31.2. The number of carbonyl (C=O) groups excluding carboxylic acids is 6. The van der Waals surface area contributed by atoms with Crippen LogP contribution in [0, 0.1) is 48.8 Å². The highest BCUT2D eigenvalue weighted by molar-refractivity contribution is 6.03. The Morgan fingerprint density at radius 2 is 0.693 bits per heavy atom.